The first-order valence-corrected chi connectivity index (χ1v) is 8.40. The molecular weight excluding hydrogens is 387 g/mol. The van der Waals surface area contributed by atoms with E-state index in [1.54, 1.807) is 42.1 Å². The number of rotatable bonds is 4. The zero-order valence-corrected chi connectivity index (χ0v) is 15.0. The van der Waals surface area contributed by atoms with Crippen molar-refractivity contribution >= 4 is 22.5 Å². The summed E-state index contributed by atoms with van der Waals surface area (Å²) < 4.78 is 44.8. The van der Waals surface area contributed by atoms with E-state index in [4.69, 9.17) is 4.74 Å². The number of nitrogens with one attached hydrogen (secondary N) is 2. The third-order valence-corrected chi connectivity index (χ3v) is 4.24. The number of halogens is 3. The third-order valence-electron chi connectivity index (χ3n) is 4.24. The van der Waals surface area contributed by atoms with Gasteiger partial charge in [0.1, 0.15) is 17.4 Å². The first-order valence-electron chi connectivity index (χ1n) is 8.40. The third kappa shape index (κ3) is 3.64. The van der Waals surface area contributed by atoms with Gasteiger partial charge in [-0.15, -0.1) is 0 Å². The monoisotopic (exact) mass is 401 g/mol. The van der Waals surface area contributed by atoms with Crippen LogP contribution in [0.25, 0.3) is 16.6 Å². The van der Waals surface area contributed by atoms with E-state index in [1.807, 2.05) is 0 Å². The molecule has 0 fully saturated rings. The summed E-state index contributed by atoms with van der Waals surface area (Å²) >= 11 is 0. The van der Waals surface area contributed by atoms with Gasteiger partial charge in [-0.2, -0.15) is 13.2 Å². The summed E-state index contributed by atoms with van der Waals surface area (Å²) in [5.41, 5.74) is 0.0346. The summed E-state index contributed by atoms with van der Waals surface area (Å²) in [5, 5.41) is 5.93. The molecule has 1 aromatic carbocycles. The number of methoxy groups -OCH3 is 1. The molecule has 0 atom stereocenters. The van der Waals surface area contributed by atoms with Gasteiger partial charge < -0.3 is 10.1 Å². The maximum atomic E-state index is 12.7. The number of benzene rings is 1. The molecule has 10 heteroatoms. The number of ether oxygens (including phenoxy) is 1. The molecule has 29 heavy (non-hydrogen) atoms. The minimum absolute atomic E-state index is 0.190. The van der Waals surface area contributed by atoms with Crippen molar-refractivity contribution in [3.05, 3.63) is 70.8 Å². The lowest BCUT2D eigenvalue weighted by Crippen LogP contribution is -2.06. The van der Waals surface area contributed by atoms with Crippen molar-refractivity contribution in [1.29, 1.82) is 0 Å². The highest BCUT2D eigenvalue weighted by Gasteiger charge is 2.30. The molecule has 4 aromatic rings. The number of anilines is 2. The molecule has 0 saturated carbocycles. The van der Waals surface area contributed by atoms with E-state index < -0.39 is 11.7 Å². The standard InChI is InChI=1S/C19H14F3N5O2/c1-29-13-4-2-3-12(7-13)27-15-8-17(24-10-14(15)18(28)26-27)25-16-6-5-11(9-23-16)19(20,21)22/h2-10H,1H3,(H,26,28)(H,23,24,25). The molecule has 0 aliphatic rings. The Morgan fingerprint density at radius 1 is 1.07 bits per heavy atom. The van der Waals surface area contributed by atoms with E-state index in [0.29, 0.717) is 28.2 Å². The van der Waals surface area contributed by atoms with Crippen LogP contribution in [0.15, 0.2) is 59.7 Å². The maximum Gasteiger partial charge on any atom is 0.417 e. The number of nitrogens with zero attached hydrogens (tertiary/aromatic N) is 3. The Hall–Kier alpha value is -3.82. The molecular formula is C19H14F3N5O2. The van der Waals surface area contributed by atoms with Gasteiger partial charge in [-0.05, 0) is 24.3 Å². The topological polar surface area (TPSA) is 84.8 Å². The average molecular weight is 401 g/mol. The van der Waals surface area contributed by atoms with Gasteiger partial charge in [-0.3, -0.25) is 14.6 Å². The Morgan fingerprint density at radius 3 is 2.55 bits per heavy atom. The molecule has 0 aliphatic carbocycles. The van der Waals surface area contributed by atoms with Crippen molar-refractivity contribution in [3.8, 4) is 11.4 Å². The minimum Gasteiger partial charge on any atom is -0.497 e. The summed E-state index contributed by atoms with van der Waals surface area (Å²) in [4.78, 5) is 20.2. The SMILES string of the molecule is COc1cccc(-n2[nH]c(=O)c3cnc(Nc4ccc(C(F)(F)F)cn4)cc32)c1. The minimum atomic E-state index is -4.46. The van der Waals surface area contributed by atoms with Crippen molar-refractivity contribution in [2.24, 2.45) is 0 Å². The lowest BCUT2D eigenvalue weighted by Gasteiger charge is -2.09. The first kappa shape index (κ1) is 18.5. The quantitative estimate of drug-likeness (QED) is 0.542. The van der Waals surface area contributed by atoms with Crippen molar-refractivity contribution in [1.82, 2.24) is 19.7 Å². The molecule has 0 spiro atoms. The number of aromatic amines is 1. The molecule has 7 nitrogen and oxygen atoms in total. The van der Waals surface area contributed by atoms with Crippen LogP contribution in [0, 0.1) is 0 Å². The number of alkyl halides is 3. The van der Waals surface area contributed by atoms with Gasteiger partial charge in [0.15, 0.2) is 0 Å². The summed E-state index contributed by atoms with van der Waals surface area (Å²) in [6, 6.07) is 10.8. The highest BCUT2D eigenvalue weighted by molar-refractivity contribution is 5.82. The summed E-state index contributed by atoms with van der Waals surface area (Å²) in [7, 11) is 1.54. The summed E-state index contributed by atoms with van der Waals surface area (Å²) in [5.74, 6) is 1.13. The van der Waals surface area contributed by atoms with Crippen LogP contribution in [-0.4, -0.2) is 26.9 Å². The predicted molar refractivity (Wildman–Crippen MR) is 101 cm³/mol. The van der Waals surface area contributed by atoms with Crippen LogP contribution in [0.5, 0.6) is 5.75 Å². The van der Waals surface area contributed by atoms with Crippen LogP contribution >= 0.6 is 0 Å². The molecule has 0 aliphatic heterocycles. The number of hydrogen-bond acceptors (Lipinski definition) is 5. The molecule has 0 bridgehead atoms. The van der Waals surface area contributed by atoms with Gasteiger partial charge >= 0.3 is 6.18 Å². The molecule has 0 amide bonds. The molecule has 0 unspecified atom stereocenters. The van der Waals surface area contributed by atoms with Crippen LogP contribution in [0.3, 0.4) is 0 Å². The van der Waals surface area contributed by atoms with Gasteiger partial charge in [-0.25, -0.2) is 9.97 Å². The van der Waals surface area contributed by atoms with E-state index in [9.17, 15) is 18.0 Å². The van der Waals surface area contributed by atoms with Crippen molar-refractivity contribution in [2.75, 3.05) is 12.4 Å². The van der Waals surface area contributed by atoms with E-state index in [2.05, 4.69) is 20.4 Å². The summed E-state index contributed by atoms with van der Waals surface area (Å²) in [6.07, 6.45) is -2.33. The number of pyridine rings is 2. The Bertz CT molecular complexity index is 1230. The largest absolute Gasteiger partial charge is 0.497 e. The normalized spacial score (nSPS) is 11.6. The van der Waals surface area contributed by atoms with Crippen molar-refractivity contribution in [3.63, 3.8) is 0 Å². The Balaban J connectivity index is 1.71. The van der Waals surface area contributed by atoms with E-state index in [1.165, 1.54) is 12.3 Å². The molecule has 3 aromatic heterocycles. The Morgan fingerprint density at radius 2 is 1.86 bits per heavy atom. The fraction of sp³-hybridized carbons (Fsp3) is 0.105. The average Bonchev–Trinajstić information content (AvgIpc) is 3.04. The second kappa shape index (κ2) is 6.97. The number of fused-ring (bicyclic) bond motifs is 1. The maximum absolute atomic E-state index is 12.7. The number of aromatic nitrogens is 4. The van der Waals surface area contributed by atoms with Crippen LogP contribution in [0.2, 0.25) is 0 Å². The predicted octanol–water partition coefficient (Wildman–Crippen LogP) is 3.88. The van der Waals surface area contributed by atoms with Gasteiger partial charge in [-0.1, -0.05) is 6.07 Å². The fourth-order valence-electron chi connectivity index (χ4n) is 2.81. The molecule has 2 N–H and O–H groups in total. The van der Waals surface area contributed by atoms with Crippen molar-refractivity contribution < 1.29 is 17.9 Å². The van der Waals surface area contributed by atoms with E-state index >= 15 is 0 Å². The van der Waals surface area contributed by atoms with Crippen LogP contribution in [0.4, 0.5) is 24.8 Å². The van der Waals surface area contributed by atoms with Gasteiger partial charge in [0, 0.05) is 24.5 Å². The lowest BCUT2D eigenvalue weighted by atomic mass is 10.2. The van der Waals surface area contributed by atoms with Gasteiger partial charge in [0.05, 0.1) is 29.3 Å². The lowest BCUT2D eigenvalue weighted by molar-refractivity contribution is -0.137. The van der Waals surface area contributed by atoms with Gasteiger partial charge in [0.2, 0.25) is 0 Å². The van der Waals surface area contributed by atoms with Gasteiger partial charge in [0.25, 0.3) is 5.56 Å². The highest BCUT2D eigenvalue weighted by atomic mass is 19.4. The molecule has 3 heterocycles. The first-order chi connectivity index (χ1) is 13.8. The number of hydrogen-bond donors (Lipinski definition) is 2. The molecule has 0 radical (unpaired) electrons. The molecule has 148 valence electrons. The van der Waals surface area contributed by atoms with E-state index in [0.717, 1.165) is 12.3 Å². The number of H-pyrrole nitrogens is 1. The van der Waals surface area contributed by atoms with E-state index in [-0.39, 0.29) is 11.4 Å². The van der Waals surface area contributed by atoms with Crippen LogP contribution in [0.1, 0.15) is 5.56 Å². The molecule has 4 rings (SSSR count). The second-order valence-electron chi connectivity index (χ2n) is 6.12. The zero-order valence-electron chi connectivity index (χ0n) is 15.0. The summed E-state index contributed by atoms with van der Waals surface area (Å²) in [6.45, 7) is 0. The van der Waals surface area contributed by atoms with Crippen LogP contribution in [-0.2, 0) is 6.18 Å². The van der Waals surface area contributed by atoms with Crippen LogP contribution < -0.4 is 15.6 Å². The molecule has 0 saturated heterocycles. The highest BCUT2D eigenvalue weighted by Crippen LogP contribution is 2.29. The Kier molecular flexibility index (Phi) is 4.45. The fourth-order valence-corrected chi connectivity index (χ4v) is 2.81. The zero-order chi connectivity index (χ0) is 20.6. The smallest absolute Gasteiger partial charge is 0.417 e. The Labute approximate surface area is 161 Å². The second-order valence-corrected chi connectivity index (χ2v) is 6.12. The van der Waals surface area contributed by atoms with Crippen molar-refractivity contribution in [2.45, 2.75) is 6.18 Å².